The molecule has 0 spiro atoms. The fraction of sp³-hybridized carbons (Fsp3) is 0. The van der Waals surface area contributed by atoms with E-state index in [0.29, 0.717) is 0 Å². The van der Waals surface area contributed by atoms with E-state index in [2.05, 4.69) is 101 Å². The molecule has 0 aliphatic heterocycles. The second kappa shape index (κ2) is 6.36. The lowest BCUT2D eigenvalue weighted by molar-refractivity contribution is 1.33. The lowest BCUT2D eigenvalue weighted by atomic mass is 10.0. The van der Waals surface area contributed by atoms with Crippen LogP contribution in [0.15, 0.2) is 97.1 Å². The largest absolute Gasteiger partial charge is 0.290 e. The van der Waals surface area contributed by atoms with Gasteiger partial charge in [-0.3, -0.25) is 4.40 Å². The highest BCUT2D eigenvalue weighted by molar-refractivity contribution is 7.27. The average molecular weight is 481 g/mol. The number of pyridine rings is 1. The van der Waals surface area contributed by atoms with Gasteiger partial charge in [-0.1, -0.05) is 60.7 Å². The summed E-state index contributed by atoms with van der Waals surface area (Å²) in [7, 11) is 0. The van der Waals surface area contributed by atoms with Crippen molar-refractivity contribution in [2.24, 2.45) is 0 Å². The van der Waals surface area contributed by atoms with Crippen LogP contribution in [0.3, 0.4) is 0 Å². The summed E-state index contributed by atoms with van der Waals surface area (Å²) in [6.45, 7) is 0. The van der Waals surface area contributed by atoms with Crippen LogP contribution < -0.4 is 0 Å². The first-order valence-corrected chi connectivity index (χ1v) is 13.4. The van der Waals surface area contributed by atoms with Crippen LogP contribution in [0.2, 0.25) is 0 Å². The first-order chi connectivity index (χ1) is 17.3. The topological polar surface area (TPSA) is 17.3 Å². The number of imidazole rings is 1. The molecule has 0 atom stereocenters. The Morgan fingerprint density at radius 3 is 2.11 bits per heavy atom. The number of hydrogen-bond donors (Lipinski definition) is 0. The van der Waals surface area contributed by atoms with Gasteiger partial charge < -0.3 is 0 Å². The smallest absolute Gasteiger partial charge is 0.146 e. The highest BCUT2D eigenvalue weighted by Gasteiger charge is 2.19. The molecule has 5 aromatic carbocycles. The van der Waals surface area contributed by atoms with Crippen molar-refractivity contribution in [2.75, 3.05) is 0 Å². The number of fused-ring (bicyclic) bond motifs is 15. The number of rotatable bonds is 0. The Hall–Kier alpha value is -3.99. The number of para-hydroxylation sites is 2. The molecule has 4 aromatic heterocycles. The van der Waals surface area contributed by atoms with Gasteiger partial charge in [-0.05, 0) is 41.8 Å². The fourth-order valence-corrected chi connectivity index (χ4v) is 8.19. The minimum atomic E-state index is 1.04. The Kier molecular flexibility index (Phi) is 3.34. The number of thiophene rings is 2. The molecule has 0 fully saturated rings. The quantitative estimate of drug-likeness (QED) is 0.198. The third-order valence-corrected chi connectivity index (χ3v) is 9.68. The molecule has 162 valence electrons. The molecule has 0 aliphatic carbocycles. The maximum Gasteiger partial charge on any atom is 0.146 e. The van der Waals surface area contributed by atoms with Gasteiger partial charge >= 0.3 is 0 Å². The molecular weight excluding hydrogens is 464 g/mol. The first-order valence-electron chi connectivity index (χ1n) is 11.7. The Morgan fingerprint density at radius 1 is 0.514 bits per heavy atom. The van der Waals surface area contributed by atoms with Crippen molar-refractivity contribution in [1.29, 1.82) is 0 Å². The van der Waals surface area contributed by atoms with Crippen molar-refractivity contribution in [1.82, 2.24) is 9.38 Å². The first kappa shape index (κ1) is 18.4. The zero-order chi connectivity index (χ0) is 22.7. The van der Waals surface area contributed by atoms with E-state index in [-0.39, 0.29) is 0 Å². The molecule has 9 rings (SSSR count). The van der Waals surface area contributed by atoms with Crippen LogP contribution in [0.5, 0.6) is 0 Å². The van der Waals surface area contributed by atoms with Crippen LogP contribution in [0.4, 0.5) is 0 Å². The number of nitrogens with zero attached hydrogens (tertiary/aromatic N) is 2. The second-order valence-corrected chi connectivity index (χ2v) is 11.3. The average Bonchev–Trinajstić information content (AvgIpc) is 3.58. The Morgan fingerprint density at radius 2 is 1.23 bits per heavy atom. The van der Waals surface area contributed by atoms with Gasteiger partial charge in [-0.15, -0.1) is 22.7 Å². The molecule has 0 amide bonds. The van der Waals surface area contributed by atoms with Gasteiger partial charge in [0, 0.05) is 46.4 Å². The van der Waals surface area contributed by atoms with Gasteiger partial charge in [-0.25, -0.2) is 4.98 Å². The van der Waals surface area contributed by atoms with E-state index in [1.54, 1.807) is 0 Å². The molecule has 35 heavy (non-hydrogen) atoms. The summed E-state index contributed by atoms with van der Waals surface area (Å²) >= 11 is 3.77. The standard InChI is InChI=1S/C31H16N2S2/c1-6-12-27-17(7-1)20-14-13-19-21-16-28-22(18-8-2-5-11-26(18)34-28)15-23(21)31-32-24-9-3-4-10-25(24)33(31)29(19)30(20)35-27/h1-16H. The summed E-state index contributed by atoms with van der Waals surface area (Å²) in [5.41, 5.74) is 4.50. The molecule has 0 saturated carbocycles. The fourth-order valence-electron chi connectivity index (χ4n) is 5.83. The highest BCUT2D eigenvalue weighted by Crippen LogP contribution is 2.44. The Labute approximate surface area is 207 Å². The van der Waals surface area contributed by atoms with Crippen molar-refractivity contribution < 1.29 is 0 Å². The third kappa shape index (κ3) is 2.26. The number of benzene rings is 5. The Balaban J connectivity index is 1.62. The second-order valence-electron chi connectivity index (χ2n) is 9.19. The summed E-state index contributed by atoms with van der Waals surface area (Å²) in [4.78, 5) is 5.20. The highest BCUT2D eigenvalue weighted by atomic mass is 32.1. The molecule has 0 bridgehead atoms. The zero-order valence-corrected chi connectivity index (χ0v) is 20.1. The normalized spacial score (nSPS) is 12.6. The van der Waals surface area contributed by atoms with E-state index >= 15 is 0 Å². The van der Waals surface area contributed by atoms with Crippen LogP contribution in [0.25, 0.3) is 78.7 Å². The van der Waals surface area contributed by atoms with Gasteiger partial charge in [0.2, 0.25) is 0 Å². The summed E-state index contributed by atoms with van der Waals surface area (Å²) in [5.74, 6) is 0. The molecule has 9 aromatic rings. The molecule has 4 heterocycles. The Bertz CT molecular complexity index is 2330. The monoisotopic (exact) mass is 480 g/mol. The van der Waals surface area contributed by atoms with Gasteiger partial charge in [0.1, 0.15) is 5.65 Å². The number of hydrogen-bond acceptors (Lipinski definition) is 3. The molecule has 2 nitrogen and oxygen atoms in total. The molecule has 0 radical (unpaired) electrons. The molecule has 0 aliphatic rings. The van der Waals surface area contributed by atoms with Crippen LogP contribution >= 0.6 is 22.7 Å². The molecule has 0 saturated heterocycles. The number of aromatic nitrogens is 2. The van der Waals surface area contributed by atoms with Crippen molar-refractivity contribution in [3.05, 3.63) is 97.1 Å². The van der Waals surface area contributed by atoms with Crippen molar-refractivity contribution in [3.8, 4) is 0 Å². The SMILES string of the molecule is c1ccc2c(c1)nc1c3cc4c(cc3c3ccc5c6ccccc6sc5c3n21)sc1ccccc14. The molecule has 0 unspecified atom stereocenters. The van der Waals surface area contributed by atoms with Crippen LogP contribution in [0.1, 0.15) is 0 Å². The van der Waals surface area contributed by atoms with Gasteiger partial charge in [-0.2, -0.15) is 0 Å². The van der Waals surface area contributed by atoms with Crippen LogP contribution in [-0.4, -0.2) is 9.38 Å². The van der Waals surface area contributed by atoms with Crippen molar-refractivity contribution >= 4 is 101 Å². The lowest BCUT2D eigenvalue weighted by Crippen LogP contribution is -1.92. The van der Waals surface area contributed by atoms with Crippen LogP contribution in [-0.2, 0) is 0 Å². The zero-order valence-electron chi connectivity index (χ0n) is 18.4. The predicted octanol–water partition coefficient (Wildman–Crippen LogP) is 9.53. The molecular formula is C31H16N2S2. The third-order valence-electron chi connectivity index (χ3n) is 7.35. The van der Waals surface area contributed by atoms with Gasteiger partial charge in [0.25, 0.3) is 0 Å². The molecule has 0 N–H and O–H groups in total. The van der Waals surface area contributed by atoms with E-state index < -0.39 is 0 Å². The van der Waals surface area contributed by atoms with Crippen molar-refractivity contribution in [3.63, 3.8) is 0 Å². The van der Waals surface area contributed by atoms with E-state index in [9.17, 15) is 0 Å². The predicted molar refractivity (Wildman–Crippen MR) is 153 cm³/mol. The molecule has 4 heteroatoms. The maximum absolute atomic E-state index is 5.20. The summed E-state index contributed by atoms with van der Waals surface area (Å²) in [6, 6.07) is 35.4. The minimum Gasteiger partial charge on any atom is -0.290 e. The summed E-state index contributed by atoms with van der Waals surface area (Å²) in [6.07, 6.45) is 0. The van der Waals surface area contributed by atoms with Crippen molar-refractivity contribution in [2.45, 2.75) is 0 Å². The van der Waals surface area contributed by atoms with E-state index in [1.807, 2.05) is 22.7 Å². The minimum absolute atomic E-state index is 1.04. The van der Waals surface area contributed by atoms with E-state index in [1.165, 1.54) is 62.0 Å². The van der Waals surface area contributed by atoms with Gasteiger partial charge in [0.15, 0.2) is 0 Å². The van der Waals surface area contributed by atoms with Gasteiger partial charge in [0.05, 0.1) is 21.3 Å². The lowest BCUT2D eigenvalue weighted by Gasteiger charge is -2.11. The van der Waals surface area contributed by atoms with E-state index in [4.69, 9.17) is 4.98 Å². The van der Waals surface area contributed by atoms with E-state index in [0.717, 1.165) is 16.7 Å². The summed E-state index contributed by atoms with van der Waals surface area (Å²) < 4.78 is 7.73. The van der Waals surface area contributed by atoms with Crippen LogP contribution in [0, 0.1) is 0 Å². The maximum atomic E-state index is 5.20. The summed E-state index contributed by atoms with van der Waals surface area (Å²) in [5, 5.41) is 9.06.